The van der Waals surface area contributed by atoms with Gasteiger partial charge in [-0.05, 0) is 11.8 Å². The molecule has 0 spiro atoms. The number of nitrogens with zero attached hydrogens (tertiary/aromatic N) is 1. The average molecular weight is 181 g/mol. The van der Waals surface area contributed by atoms with Crippen molar-refractivity contribution in [2.45, 2.75) is 33.6 Å². The molecule has 1 saturated heterocycles. The second-order valence-corrected chi connectivity index (χ2v) is 4.56. The fourth-order valence-electron chi connectivity index (χ4n) is 1.71. The topological polar surface area (TPSA) is 20.3 Å². The van der Waals surface area contributed by atoms with Gasteiger partial charge < -0.3 is 4.90 Å². The highest BCUT2D eigenvalue weighted by Crippen LogP contribution is 2.40. The third kappa shape index (κ3) is 1.62. The average Bonchev–Trinajstić information content (AvgIpc) is 2.33. The lowest BCUT2D eigenvalue weighted by atomic mass is 9.76. The summed E-state index contributed by atoms with van der Waals surface area (Å²) < 4.78 is 0. The van der Waals surface area contributed by atoms with Crippen LogP contribution in [-0.2, 0) is 4.79 Å². The van der Waals surface area contributed by atoms with E-state index >= 15 is 0 Å². The number of allylic oxidation sites excluding steroid dienone is 1. The third-order valence-electron chi connectivity index (χ3n) is 3.40. The molecule has 1 aliphatic heterocycles. The van der Waals surface area contributed by atoms with E-state index in [1.165, 1.54) is 0 Å². The predicted molar refractivity (Wildman–Crippen MR) is 54.1 cm³/mol. The molecule has 0 aromatic heterocycles. The van der Waals surface area contributed by atoms with E-state index < -0.39 is 0 Å². The van der Waals surface area contributed by atoms with E-state index in [1.54, 1.807) is 4.90 Å². The molecule has 1 atom stereocenters. The molecule has 13 heavy (non-hydrogen) atoms. The van der Waals surface area contributed by atoms with E-state index in [2.05, 4.69) is 27.4 Å². The molecular formula is C11H19NO. The summed E-state index contributed by atoms with van der Waals surface area (Å²) in [5.74, 6) is 0.367. The molecule has 1 heterocycles. The second kappa shape index (κ2) is 3.17. The Kier molecular flexibility index (Phi) is 2.51. The maximum absolute atomic E-state index is 11.8. The summed E-state index contributed by atoms with van der Waals surface area (Å²) in [6.07, 6.45) is 1.86. The van der Waals surface area contributed by atoms with Gasteiger partial charge in [0.2, 0.25) is 5.91 Å². The largest absolute Gasteiger partial charge is 0.320 e. The van der Waals surface area contributed by atoms with Gasteiger partial charge in [-0.2, -0.15) is 0 Å². The van der Waals surface area contributed by atoms with Crippen molar-refractivity contribution in [2.75, 3.05) is 7.05 Å². The van der Waals surface area contributed by atoms with Crippen LogP contribution >= 0.6 is 0 Å². The third-order valence-corrected chi connectivity index (χ3v) is 3.40. The fourth-order valence-corrected chi connectivity index (χ4v) is 1.71. The molecule has 0 radical (unpaired) electrons. The SMILES string of the molecule is C=C1CC(C(C)(C)CC)C(=O)N1C. The van der Waals surface area contributed by atoms with Crippen LogP contribution in [0.15, 0.2) is 12.3 Å². The summed E-state index contributed by atoms with van der Waals surface area (Å²) >= 11 is 0. The monoisotopic (exact) mass is 181 g/mol. The molecule has 2 nitrogen and oxygen atoms in total. The lowest BCUT2D eigenvalue weighted by Gasteiger charge is -2.28. The number of hydrogen-bond donors (Lipinski definition) is 0. The van der Waals surface area contributed by atoms with Crippen molar-refractivity contribution in [3.63, 3.8) is 0 Å². The van der Waals surface area contributed by atoms with E-state index in [4.69, 9.17) is 0 Å². The first-order valence-corrected chi connectivity index (χ1v) is 4.85. The van der Waals surface area contributed by atoms with E-state index in [-0.39, 0.29) is 17.2 Å². The summed E-state index contributed by atoms with van der Waals surface area (Å²) in [6, 6.07) is 0. The predicted octanol–water partition coefficient (Wildman–Crippen LogP) is 2.41. The van der Waals surface area contributed by atoms with Gasteiger partial charge in [-0.1, -0.05) is 33.8 Å². The quantitative estimate of drug-likeness (QED) is 0.640. The van der Waals surface area contributed by atoms with Crippen molar-refractivity contribution in [1.29, 1.82) is 0 Å². The standard InChI is InChI=1S/C11H19NO/c1-6-11(3,4)9-7-8(2)12(5)10(9)13/h9H,2,6-7H2,1,3-5H3. The number of carbonyl (C=O) groups is 1. The maximum atomic E-state index is 11.8. The zero-order valence-electron chi connectivity index (χ0n) is 9.05. The second-order valence-electron chi connectivity index (χ2n) is 4.56. The first-order valence-electron chi connectivity index (χ1n) is 4.85. The van der Waals surface area contributed by atoms with Gasteiger partial charge in [-0.15, -0.1) is 0 Å². The summed E-state index contributed by atoms with van der Waals surface area (Å²) in [6.45, 7) is 10.3. The van der Waals surface area contributed by atoms with E-state index in [0.717, 1.165) is 18.5 Å². The Labute approximate surface area is 80.6 Å². The smallest absolute Gasteiger partial charge is 0.230 e. The van der Waals surface area contributed by atoms with Crippen molar-refractivity contribution >= 4 is 5.91 Å². The summed E-state index contributed by atoms with van der Waals surface area (Å²) in [5.41, 5.74) is 1.06. The normalized spacial score (nSPS) is 24.3. The number of rotatable bonds is 2. The highest BCUT2D eigenvalue weighted by atomic mass is 16.2. The Balaban J connectivity index is 2.86. The van der Waals surface area contributed by atoms with Crippen LogP contribution in [0.3, 0.4) is 0 Å². The molecule has 2 heteroatoms. The molecule has 1 rings (SSSR count). The Bertz CT molecular complexity index is 242. The van der Waals surface area contributed by atoms with Crippen LogP contribution in [0.1, 0.15) is 33.6 Å². The summed E-state index contributed by atoms with van der Waals surface area (Å²) in [4.78, 5) is 13.5. The van der Waals surface area contributed by atoms with Gasteiger partial charge in [0.25, 0.3) is 0 Å². The van der Waals surface area contributed by atoms with Crippen molar-refractivity contribution in [2.24, 2.45) is 11.3 Å². The first-order chi connectivity index (χ1) is 5.90. The molecule has 0 aliphatic carbocycles. The van der Waals surface area contributed by atoms with Crippen LogP contribution < -0.4 is 0 Å². The van der Waals surface area contributed by atoms with Gasteiger partial charge in [-0.3, -0.25) is 4.79 Å². The Morgan fingerprint density at radius 2 is 2.15 bits per heavy atom. The van der Waals surface area contributed by atoms with Gasteiger partial charge in [-0.25, -0.2) is 0 Å². The van der Waals surface area contributed by atoms with Crippen LogP contribution in [0.25, 0.3) is 0 Å². The van der Waals surface area contributed by atoms with Crippen LogP contribution in [0.5, 0.6) is 0 Å². The van der Waals surface area contributed by atoms with Crippen LogP contribution in [0.4, 0.5) is 0 Å². The zero-order chi connectivity index (χ0) is 10.2. The molecule has 0 N–H and O–H groups in total. The van der Waals surface area contributed by atoms with Gasteiger partial charge in [0.05, 0.1) is 0 Å². The Morgan fingerprint density at radius 3 is 2.46 bits per heavy atom. The number of hydrogen-bond acceptors (Lipinski definition) is 1. The fraction of sp³-hybridized carbons (Fsp3) is 0.727. The minimum absolute atomic E-state index is 0.102. The summed E-state index contributed by atoms with van der Waals surface area (Å²) in [5, 5.41) is 0. The molecule has 0 aromatic rings. The Morgan fingerprint density at radius 1 is 1.62 bits per heavy atom. The highest BCUT2D eigenvalue weighted by molar-refractivity contribution is 5.84. The number of carbonyl (C=O) groups excluding carboxylic acids is 1. The molecule has 74 valence electrons. The maximum Gasteiger partial charge on any atom is 0.230 e. The van der Waals surface area contributed by atoms with Crippen molar-refractivity contribution in [3.8, 4) is 0 Å². The number of amides is 1. The molecule has 0 saturated carbocycles. The van der Waals surface area contributed by atoms with E-state index in [0.29, 0.717) is 0 Å². The van der Waals surface area contributed by atoms with E-state index in [9.17, 15) is 4.79 Å². The van der Waals surface area contributed by atoms with Crippen LogP contribution in [0.2, 0.25) is 0 Å². The van der Waals surface area contributed by atoms with Gasteiger partial charge in [0.15, 0.2) is 0 Å². The molecule has 0 aromatic carbocycles. The van der Waals surface area contributed by atoms with Gasteiger partial charge >= 0.3 is 0 Å². The Hall–Kier alpha value is -0.790. The lowest BCUT2D eigenvalue weighted by molar-refractivity contribution is -0.132. The molecule has 1 amide bonds. The summed E-state index contributed by atoms with van der Waals surface area (Å²) in [7, 11) is 1.82. The molecule has 0 bridgehead atoms. The van der Waals surface area contributed by atoms with E-state index in [1.807, 2.05) is 7.05 Å². The molecule has 1 aliphatic rings. The van der Waals surface area contributed by atoms with Crippen LogP contribution in [0, 0.1) is 11.3 Å². The van der Waals surface area contributed by atoms with Crippen LogP contribution in [-0.4, -0.2) is 17.9 Å². The lowest BCUT2D eigenvalue weighted by Crippen LogP contribution is -2.31. The minimum Gasteiger partial charge on any atom is -0.320 e. The highest BCUT2D eigenvalue weighted by Gasteiger charge is 2.41. The van der Waals surface area contributed by atoms with Crippen molar-refractivity contribution < 1.29 is 4.79 Å². The molecular weight excluding hydrogens is 162 g/mol. The number of likely N-dealkylation sites (tertiary alicyclic amines) is 1. The van der Waals surface area contributed by atoms with Crippen molar-refractivity contribution in [3.05, 3.63) is 12.3 Å². The molecule has 1 unspecified atom stereocenters. The first kappa shape index (κ1) is 10.3. The zero-order valence-corrected chi connectivity index (χ0v) is 9.05. The van der Waals surface area contributed by atoms with Gasteiger partial charge in [0.1, 0.15) is 0 Å². The van der Waals surface area contributed by atoms with Crippen molar-refractivity contribution in [1.82, 2.24) is 4.90 Å². The molecule has 1 fully saturated rings. The minimum atomic E-state index is 0.102. The van der Waals surface area contributed by atoms with Gasteiger partial charge in [0, 0.05) is 18.7 Å².